The van der Waals surface area contributed by atoms with Crippen LogP contribution in [0.2, 0.25) is 0 Å². The molecule has 0 fully saturated rings. The zero-order valence-electron chi connectivity index (χ0n) is 14.6. The fourth-order valence-electron chi connectivity index (χ4n) is 1.34. The Hall–Kier alpha value is 0.511. The molecule has 0 heterocycles. The van der Waals surface area contributed by atoms with E-state index in [0.29, 0.717) is 0 Å². The van der Waals surface area contributed by atoms with Gasteiger partial charge in [-0.25, -0.2) is 0 Å². The normalized spacial score (nSPS) is 8.55. The molecule has 4 nitrogen and oxygen atoms in total. The monoisotopic (exact) mass is 440 g/mol. The van der Waals surface area contributed by atoms with Gasteiger partial charge < -0.3 is 24.1 Å². The Balaban J connectivity index is -0.000000108. The summed E-state index contributed by atoms with van der Waals surface area (Å²) in [6.07, 6.45) is 12.2. The topological polar surface area (TPSA) is 74.6 Å². The van der Waals surface area contributed by atoms with E-state index in [2.05, 4.69) is 27.7 Å². The van der Waals surface area contributed by atoms with E-state index in [1.807, 2.05) is 0 Å². The number of hydrogen-bond acceptors (Lipinski definition) is 2. The maximum Gasteiger partial charge on any atom is 2.00 e. The molecule has 0 aromatic carbocycles. The van der Waals surface area contributed by atoms with Crippen molar-refractivity contribution in [3.8, 4) is 0 Å². The summed E-state index contributed by atoms with van der Waals surface area (Å²) in [4.78, 5) is 18.9. The summed E-state index contributed by atoms with van der Waals surface area (Å²) in [5, 5.41) is 15.4. The predicted molar refractivity (Wildman–Crippen MR) is 93.9 cm³/mol. The third-order valence-corrected chi connectivity index (χ3v) is 2.51. The molecular weight excluding hydrogens is 406 g/mol. The summed E-state index contributed by atoms with van der Waals surface area (Å²) in [5.74, 6) is -2.62. The van der Waals surface area contributed by atoms with Gasteiger partial charge in [-0.1, -0.05) is 65.2 Å². The van der Waals surface area contributed by atoms with Crippen molar-refractivity contribution in [1.82, 2.24) is 0 Å². The Morgan fingerprint density at radius 1 is 0.727 bits per heavy atom. The molecule has 5 heteroatoms. The van der Waals surface area contributed by atoms with Crippen molar-refractivity contribution in [2.24, 2.45) is 0 Å². The van der Waals surface area contributed by atoms with Crippen LogP contribution in [0.1, 0.15) is 84.5 Å². The van der Waals surface area contributed by atoms with Crippen LogP contribution in [0.5, 0.6) is 0 Å². The molecule has 0 amide bonds. The van der Waals surface area contributed by atoms with Gasteiger partial charge in [0, 0.05) is 0 Å². The Labute approximate surface area is 177 Å². The van der Waals surface area contributed by atoms with E-state index < -0.39 is 18.4 Å². The number of hydrogen-bond donors (Lipinski definition) is 2. The summed E-state index contributed by atoms with van der Waals surface area (Å²) in [6, 6.07) is 0. The minimum absolute atomic E-state index is 0. The van der Waals surface area contributed by atoms with Gasteiger partial charge in [0.1, 0.15) is 6.42 Å². The third kappa shape index (κ3) is 49.9. The van der Waals surface area contributed by atoms with E-state index in [1.54, 1.807) is 0 Å². The summed E-state index contributed by atoms with van der Waals surface area (Å²) >= 11 is 0. The average molecular weight is 440 g/mol. The molecule has 0 aliphatic rings. The SMILES string of the molecule is O=C(O)CC(=O)O.[Ba+2].[CH2-]CCCCCC.[CH2-]CCCCCC. The van der Waals surface area contributed by atoms with Gasteiger partial charge in [-0.05, 0) is 0 Å². The van der Waals surface area contributed by atoms with Gasteiger partial charge in [0.2, 0.25) is 0 Å². The molecule has 0 spiro atoms. The van der Waals surface area contributed by atoms with Crippen LogP contribution in [-0.2, 0) is 9.59 Å². The Kier molecular flexibility index (Phi) is 40.8. The van der Waals surface area contributed by atoms with Gasteiger partial charge in [0.05, 0.1) is 0 Å². The van der Waals surface area contributed by atoms with E-state index in [4.69, 9.17) is 10.2 Å². The molecule has 0 bridgehead atoms. The number of carboxylic acids is 2. The fraction of sp³-hybridized carbons (Fsp3) is 0.765. The molecule has 0 aromatic heterocycles. The Bertz CT molecular complexity index is 191. The molecule has 0 unspecified atom stereocenters. The van der Waals surface area contributed by atoms with Crippen LogP contribution in [0.4, 0.5) is 0 Å². The van der Waals surface area contributed by atoms with Crippen LogP contribution in [0, 0.1) is 13.8 Å². The summed E-state index contributed by atoms with van der Waals surface area (Å²) in [5.41, 5.74) is 0. The second kappa shape index (κ2) is 29.5. The Morgan fingerprint density at radius 2 is 1.05 bits per heavy atom. The van der Waals surface area contributed by atoms with Crippen molar-refractivity contribution >= 4 is 60.8 Å². The number of aliphatic carboxylic acids is 2. The van der Waals surface area contributed by atoms with E-state index in [-0.39, 0.29) is 48.9 Å². The molecule has 2 N–H and O–H groups in total. The molecule has 0 aliphatic carbocycles. The van der Waals surface area contributed by atoms with Gasteiger partial charge in [0.15, 0.2) is 0 Å². The average Bonchev–Trinajstić information content (AvgIpc) is 2.40. The number of rotatable bonds is 10. The van der Waals surface area contributed by atoms with Crippen molar-refractivity contribution in [2.45, 2.75) is 84.5 Å². The maximum atomic E-state index is 9.43. The van der Waals surface area contributed by atoms with Crippen molar-refractivity contribution in [2.75, 3.05) is 0 Å². The van der Waals surface area contributed by atoms with Crippen LogP contribution < -0.4 is 0 Å². The number of unbranched alkanes of at least 4 members (excludes halogenated alkanes) is 8. The molecule has 128 valence electrons. The van der Waals surface area contributed by atoms with Crippen LogP contribution in [-0.4, -0.2) is 71.0 Å². The minimum Gasteiger partial charge on any atom is -0.481 e. The van der Waals surface area contributed by atoms with Crippen LogP contribution in [0.3, 0.4) is 0 Å². The van der Waals surface area contributed by atoms with Crippen LogP contribution in [0.15, 0.2) is 0 Å². The van der Waals surface area contributed by atoms with Gasteiger partial charge in [-0.15, -0.1) is 0 Å². The predicted octanol–water partition coefficient (Wildman–Crippen LogP) is 4.75. The molecule has 0 aliphatic heterocycles. The first-order valence-corrected chi connectivity index (χ1v) is 7.98. The van der Waals surface area contributed by atoms with E-state index in [9.17, 15) is 9.59 Å². The molecule has 0 aromatic rings. The first-order chi connectivity index (χ1) is 9.95. The minimum atomic E-state index is -1.31. The molecule has 0 rings (SSSR count). The quantitative estimate of drug-likeness (QED) is 0.223. The second-order valence-corrected chi connectivity index (χ2v) is 4.79. The molecule has 0 saturated heterocycles. The van der Waals surface area contributed by atoms with Crippen molar-refractivity contribution in [3.63, 3.8) is 0 Å². The second-order valence-electron chi connectivity index (χ2n) is 4.79. The molecule has 0 radical (unpaired) electrons. The third-order valence-electron chi connectivity index (χ3n) is 2.51. The zero-order chi connectivity index (χ0) is 16.9. The molecule has 22 heavy (non-hydrogen) atoms. The van der Waals surface area contributed by atoms with Gasteiger partial charge in [0.25, 0.3) is 0 Å². The van der Waals surface area contributed by atoms with E-state index in [0.717, 1.165) is 12.8 Å². The van der Waals surface area contributed by atoms with Crippen molar-refractivity contribution in [1.29, 1.82) is 0 Å². The number of carboxylic acid groups (broad SMARTS) is 2. The first-order valence-electron chi connectivity index (χ1n) is 7.98. The number of carbonyl (C=O) groups is 2. The van der Waals surface area contributed by atoms with Gasteiger partial charge in [-0.2, -0.15) is 12.8 Å². The van der Waals surface area contributed by atoms with Crippen LogP contribution in [0.25, 0.3) is 0 Å². The summed E-state index contributed by atoms with van der Waals surface area (Å²) in [7, 11) is 0. The molecule has 0 atom stereocenters. The van der Waals surface area contributed by atoms with Gasteiger partial charge >= 0.3 is 60.8 Å². The van der Waals surface area contributed by atoms with E-state index in [1.165, 1.54) is 51.4 Å². The molecule has 0 saturated carbocycles. The first kappa shape index (κ1) is 30.4. The standard InChI is InChI=1S/2C7H15.C3H4O4.Ba/c2*1-3-5-7-6-4-2;4-2(5)1-3(6)7;/h2*1,3-7H2,2H3;1H2,(H,4,5)(H,6,7);/q2*-1;;+2. The zero-order valence-corrected chi connectivity index (χ0v) is 19.1. The van der Waals surface area contributed by atoms with Crippen molar-refractivity contribution in [3.05, 3.63) is 13.8 Å². The van der Waals surface area contributed by atoms with Gasteiger partial charge in [-0.3, -0.25) is 9.59 Å². The summed E-state index contributed by atoms with van der Waals surface area (Å²) in [6.45, 7) is 12.0. The summed E-state index contributed by atoms with van der Waals surface area (Å²) < 4.78 is 0. The largest absolute Gasteiger partial charge is 2.00 e. The Morgan fingerprint density at radius 3 is 1.18 bits per heavy atom. The van der Waals surface area contributed by atoms with E-state index >= 15 is 0 Å². The maximum absolute atomic E-state index is 9.43. The van der Waals surface area contributed by atoms with Crippen molar-refractivity contribution < 1.29 is 19.8 Å². The fourth-order valence-corrected chi connectivity index (χ4v) is 1.34. The smallest absolute Gasteiger partial charge is 0.481 e. The molecular formula is C17H34BaO4. The van der Waals surface area contributed by atoms with Crippen LogP contribution >= 0.6 is 0 Å².